The number of nitrogens with one attached hydrogen (secondary N) is 1. The van der Waals surface area contributed by atoms with Crippen molar-refractivity contribution in [3.8, 4) is 0 Å². The first-order valence-corrected chi connectivity index (χ1v) is 5.79. The predicted octanol–water partition coefficient (Wildman–Crippen LogP) is 0.778. The van der Waals surface area contributed by atoms with E-state index in [-0.39, 0.29) is 0 Å². The summed E-state index contributed by atoms with van der Waals surface area (Å²) in [6.45, 7) is 2.86. The van der Waals surface area contributed by atoms with Gasteiger partial charge < -0.3 is 15.0 Å². The molecule has 2 saturated heterocycles. The second-order valence-electron chi connectivity index (χ2n) is 4.63. The molecule has 2 aliphatic heterocycles. The Bertz CT molecular complexity index is 382. The third-order valence-electron chi connectivity index (χ3n) is 3.48. The zero-order valence-electron chi connectivity index (χ0n) is 9.52. The molecular formula is C12H17N3O. The summed E-state index contributed by atoms with van der Waals surface area (Å²) in [5.74, 6) is 0. The lowest BCUT2D eigenvalue weighted by Crippen LogP contribution is -2.43. The van der Waals surface area contributed by atoms with Gasteiger partial charge in [0.05, 0.1) is 18.5 Å². The molecule has 1 aromatic heterocycles. The normalized spacial score (nSPS) is 27.7. The standard InChI is InChI=1S/C12H17N3O/c1-16-8-9-2-11(5-13-4-9)15-7-10-3-12(15)6-14-10/h2,4-5,10,12,14H,3,6-8H2,1H3/t10-,12-/m1/s1. The summed E-state index contributed by atoms with van der Waals surface area (Å²) in [6.07, 6.45) is 5.11. The van der Waals surface area contributed by atoms with E-state index in [0.717, 1.165) is 18.7 Å². The molecular weight excluding hydrogens is 202 g/mol. The number of nitrogens with zero attached hydrogens (tertiary/aromatic N) is 2. The lowest BCUT2D eigenvalue weighted by Gasteiger charge is -2.29. The summed E-state index contributed by atoms with van der Waals surface area (Å²) in [6, 6.07) is 3.53. The molecule has 0 radical (unpaired) electrons. The van der Waals surface area contributed by atoms with Crippen molar-refractivity contribution in [2.24, 2.45) is 0 Å². The highest BCUT2D eigenvalue weighted by Crippen LogP contribution is 2.29. The van der Waals surface area contributed by atoms with Crippen molar-refractivity contribution in [3.05, 3.63) is 24.0 Å². The minimum Gasteiger partial charge on any atom is -0.380 e. The van der Waals surface area contributed by atoms with Gasteiger partial charge in [-0.3, -0.25) is 4.98 Å². The number of fused-ring (bicyclic) bond motifs is 2. The Hall–Kier alpha value is -1.13. The van der Waals surface area contributed by atoms with Crippen LogP contribution in [0, 0.1) is 0 Å². The first-order valence-electron chi connectivity index (χ1n) is 5.79. The third kappa shape index (κ3) is 1.68. The van der Waals surface area contributed by atoms with E-state index in [2.05, 4.69) is 21.3 Å². The van der Waals surface area contributed by atoms with Gasteiger partial charge in [0.2, 0.25) is 0 Å². The second-order valence-corrected chi connectivity index (χ2v) is 4.63. The molecule has 0 spiro atoms. The lowest BCUT2D eigenvalue weighted by molar-refractivity contribution is 0.184. The lowest BCUT2D eigenvalue weighted by atomic mass is 10.2. The van der Waals surface area contributed by atoms with Crippen molar-refractivity contribution in [2.75, 3.05) is 25.1 Å². The average molecular weight is 219 g/mol. The van der Waals surface area contributed by atoms with Crippen LogP contribution in [0.2, 0.25) is 0 Å². The van der Waals surface area contributed by atoms with E-state index in [4.69, 9.17) is 4.74 Å². The monoisotopic (exact) mass is 219 g/mol. The van der Waals surface area contributed by atoms with Gasteiger partial charge in [0.15, 0.2) is 0 Å². The quantitative estimate of drug-likeness (QED) is 0.815. The van der Waals surface area contributed by atoms with Crippen LogP contribution >= 0.6 is 0 Å². The number of anilines is 1. The second kappa shape index (κ2) is 4.03. The molecule has 3 rings (SSSR count). The number of rotatable bonds is 3. The first-order chi connectivity index (χ1) is 7.86. The summed E-state index contributed by atoms with van der Waals surface area (Å²) >= 11 is 0. The van der Waals surface area contributed by atoms with E-state index in [1.54, 1.807) is 7.11 Å². The SMILES string of the molecule is COCc1cncc(N2C[C@H]3C[C@@H]2CN3)c1. The molecule has 4 nitrogen and oxygen atoms in total. The molecule has 0 amide bonds. The number of methoxy groups -OCH3 is 1. The molecule has 0 unspecified atom stereocenters. The minimum absolute atomic E-state index is 0.640. The van der Waals surface area contributed by atoms with Crippen molar-refractivity contribution in [3.63, 3.8) is 0 Å². The summed E-state index contributed by atoms with van der Waals surface area (Å²) in [5, 5.41) is 3.51. The topological polar surface area (TPSA) is 37.4 Å². The van der Waals surface area contributed by atoms with E-state index in [9.17, 15) is 0 Å². The highest BCUT2D eigenvalue weighted by Gasteiger charge is 2.37. The van der Waals surface area contributed by atoms with Crippen LogP contribution in [0.15, 0.2) is 18.5 Å². The molecule has 1 N–H and O–H groups in total. The molecule has 2 fully saturated rings. The Balaban J connectivity index is 1.81. The van der Waals surface area contributed by atoms with Crippen molar-refractivity contribution >= 4 is 5.69 Å². The molecule has 2 bridgehead atoms. The Morgan fingerprint density at radius 3 is 3.19 bits per heavy atom. The summed E-state index contributed by atoms with van der Waals surface area (Å²) in [5.41, 5.74) is 2.39. The van der Waals surface area contributed by atoms with Gasteiger partial charge in [-0.05, 0) is 18.1 Å². The fourth-order valence-corrected chi connectivity index (χ4v) is 2.75. The van der Waals surface area contributed by atoms with Crippen LogP contribution in [0.4, 0.5) is 5.69 Å². The fraction of sp³-hybridized carbons (Fsp3) is 0.583. The Kier molecular flexibility index (Phi) is 2.53. The molecule has 86 valence electrons. The molecule has 0 saturated carbocycles. The maximum atomic E-state index is 5.14. The van der Waals surface area contributed by atoms with Crippen molar-refractivity contribution < 1.29 is 4.74 Å². The summed E-state index contributed by atoms with van der Waals surface area (Å²) in [7, 11) is 1.72. The van der Waals surface area contributed by atoms with Gasteiger partial charge in [-0.25, -0.2) is 0 Å². The molecule has 2 atom stereocenters. The van der Waals surface area contributed by atoms with E-state index in [1.165, 1.54) is 12.1 Å². The van der Waals surface area contributed by atoms with Crippen molar-refractivity contribution in [1.82, 2.24) is 10.3 Å². The van der Waals surface area contributed by atoms with Crippen LogP contribution in [0.3, 0.4) is 0 Å². The summed E-state index contributed by atoms with van der Waals surface area (Å²) < 4.78 is 5.14. The number of hydrogen-bond acceptors (Lipinski definition) is 4. The smallest absolute Gasteiger partial charge is 0.0728 e. The van der Waals surface area contributed by atoms with Crippen LogP contribution in [0.25, 0.3) is 0 Å². The number of hydrogen-bond donors (Lipinski definition) is 1. The average Bonchev–Trinajstić information content (AvgIpc) is 2.91. The van der Waals surface area contributed by atoms with Gasteiger partial charge in [-0.2, -0.15) is 0 Å². The van der Waals surface area contributed by atoms with Crippen LogP contribution in [0.1, 0.15) is 12.0 Å². The van der Waals surface area contributed by atoms with Crippen LogP contribution in [0.5, 0.6) is 0 Å². The summed E-state index contributed by atoms with van der Waals surface area (Å²) in [4.78, 5) is 6.75. The molecule has 3 heterocycles. The Morgan fingerprint density at radius 2 is 2.50 bits per heavy atom. The molecule has 2 aliphatic rings. The highest BCUT2D eigenvalue weighted by atomic mass is 16.5. The van der Waals surface area contributed by atoms with Crippen molar-refractivity contribution in [2.45, 2.75) is 25.1 Å². The maximum Gasteiger partial charge on any atom is 0.0728 e. The van der Waals surface area contributed by atoms with Gasteiger partial charge in [-0.15, -0.1) is 0 Å². The predicted molar refractivity (Wildman–Crippen MR) is 62.5 cm³/mol. The van der Waals surface area contributed by atoms with Gasteiger partial charge in [0.1, 0.15) is 0 Å². The molecule has 16 heavy (non-hydrogen) atoms. The van der Waals surface area contributed by atoms with Gasteiger partial charge in [-0.1, -0.05) is 0 Å². The van der Waals surface area contributed by atoms with Gasteiger partial charge >= 0.3 is 0 Å². The van der Waals surface area contributed by atoms with E-state index in [0.29, 0.717) is 18.7 Å². The molecule has 0 aromatic carbocycles. The van der Waals surface area contributed by atoms with Crippen LogP contribution < -0.4 is 10.2 Å². The number of pyridine rings is 1. The van der Waals surface area contributed by atoms with Crippen LogP contribution in [-0.2, 0) is 11.3 Å². The number of piperazine rings is 1. The van der Waals surface area contributed by atoms with Gasteiger partial charge in [0.25, 0.3) is 0 Å². The Morgan fingerprint density at radius 1 is 1.56 bits per heavy atom. The number of aromatic nitrogens is 1. The molecule has 1 aromatic rings. The maximum absolute atomic E-state index is 5.14. The molecule has 4 heteroatoms. The zero-order valence-corrected chi connectivity index (χ0v) is 9.52. The third-order valence-corrected chi connectivity index (χ3v) is 3.48. The van der Waals surface area contributed by atoms with Crippen LogP contribution in [-0.4, -0.2) is 37.3 Å². The molecule has 0 aliphatic carbocycles. The van der Waals surface area contributed by atoms with E-state index >= 15 is 0 Å². The fourth-order valence-electron chi connectivity index (χ4n) is 2.75. The number of ether oxygens (including phenoxy) is 1. The zero-order chi connectivity index (χ0) is 11.0. The Labute approximate surface area is 95.6 Å². The van der Waals surface area contributed by atoms with Gasteiger partial charge in [0, 0.05) is 38.5 Å². The largest absolute Gasteiger partial charge is 0.380 e. The highest BCUT2D eigenvalue weighted by molar-refractivity contribution is 5.49. The van der Waals surface area contributed by atoms with E-state index in [1.807, 2.05) is 12.4 Å². The van der Waals surface area contributed by atoms with Crippen molar-refractivity contribution in [1.29, 1.82) is 0 Å². The first kappa shape index (κ1) is 10.1. The minimum atomic E-state index is 0.640. The van der Waals surface area contributed by atoms with E-state index < -0.39 is 0 Å².